The van der Waals surface area contributed by atoms with Crippen LogP contribution < -0.4 is 11.1 Å². The van der Waals surface area contributed by atoms with E-state index in [9.17, 15) is 14.4 Å². The van der Waals surface area contributed by atoms with Crippen molar-refractivity contribution in [2.75, 3.05) is 18.1 Å². The first-order valence-corrected chi connectivity index (χ1v) is 8.56. The molecule has 1 spiro atoms. The van der Waals surface area contributed by atoms with Gasteiger partial charge in [-0.05, 0) is 24.3 Å². The lowest BCUT2D eigenvalue weighted by Gasteiger charge is -2.19. The molecule has 7 nitrogen and oxygen atoms in total. The van der Waals surface area contributed by atoms with Gasteiger partial charge >= 0.3 is 11.8 Å². The highest BCUT2D eigenvalue weighted by Gasteiger charge is 2.52. The molecule has 2 fully saturated rings. The fourth-order valence-corrected chi connectivity index (χ4v) is 4.46. The van der Waals surface area contributed by atoms with Crippen LogP contribution in [0.5, 0.6) is 0 Å². The lowest BCUT2D eigenvalue weighted by atomic mass is 9.99. The number of imide groups is 1. The summed E-state index contributed by atoms with van der Waals surface area (Å²) in [6, 6.07) is 6.71. The number of thioether (sulfide) groups is 1. The van der Waals surface area contributed by atoms with Gasteiger partial charge in [-0.3, -0.25) is 14.3 Å². The molecule has 0 saturated carbocycles. The molecule has 1 atom stereocenters. The van der Waals surface area contributed by atoms with Gasteiger partial charge in [0.2, 0.25) is 0 Å². The molecule has 0 aliphatic carbocycles. The summed E-state index contributed by atoms with van der Waals surface area (Å²) in [5, 5.41) is 2.82. The van der Waals surface area contributed by atoms with E-state index in [4.69, 9.17) is 4.42 Å². The molecule has 4 rings (SSSR count). The molecule has 0 unspecified atom stereocenters. The summed E-state index contributed by atoms with van der Waals surface area (Å²) in [6.45, 7) is 0.374. The molecule has 2 aliphatic heterocycles. The van der Waals surface area contributed by atoms with Crippen LogP contribution in [0.1, 0.15) is 6.42 Å². The Bertz CT molecular complexity index is 850. The molecule has 0 bridgehead atoms. The number of benzene rings is 1. The van der Waals surface area contributed by atoms with Gasteiger partial charge in [0.05, 0.1) is 5.52 Å². The van der Waals surface area contributed by atoms with Crippen LogP contribution in [0.3, 0.4) is 0 Å². The summed E-state index contributed by atoms with van der Waals surface area (Å²) in [5.74, 6) is 0.812. The molecule has 2 aromatic rings. The van der Waals surface area contributed by atoms with E-state index < -0.39 is 11.3 Å². The Labute approximate surface area is 135 Å². The van der Waals surface area contributed by atoms with Crippen LogP contribution in [-0.4, -0.2) is 45.0 Å². The molecule has 23 heavy (non-hydrogen) atoms. The molecule has 2 aliphatic rings. The van der Waals surface area contributed by atoms with Crippen molar-refractivity contribution in [3.05, 3.63) is 34.8 Å². The SMILES string of the molecule is O=C1N[C@@]2(CCSC2)C(=O)N1CCn1c(=O)oc2ccccc21. The topological polar surface area (TPSA) is 84.5 Å². The molecule has 0 radical (unpaired) electrons. The van der Waals surface area contributed by atoms with Crippen molar-refractivity contribution in [2.45, 2.75) is 18.5 Å². The Morgan fingerprint density at radius 1 is 1.22 bits per heavy atom. The number of hydrogen-bond donors (Lipinski definition) is 1. The Kier molecular flexibility index (Phi) is 3.22. The monoisotopic (exact) mass is 333 g/mol. The molecule has 8 heteroatoms. The molecule has 1 N–H and O–H groups in total. The number of hydrogen-bond acceptors (Lipinski definition) is 5. The highest BCUT2D eigenvalue weighted by molar-refractivity contribution is 7.99. The Morgan fingerprint density at radius 3 is 2.83 bits per heavy atom. The van der Waals surface area contributed by atoms with Gasteiger partial charge < -0.3 is 9.73 Å². The van der Waals surface area contributed by atoms with Gasteiger partial charge in [0, 0.05) is 18.8 Å². The number of oxazole rings is 1. The summed E-state index contributed by atoms with van der Waals surface area (Å²) in [4.78, 5) is 37.8. The van der Waals surface area contributed by atoms with Crippen molar-refractivity contribution < 1.29 is 14.0 Å². The van der Waals surface area contributed by atoms with Crippen LogP contribution >= 0.6 is 11.8 Å². The average molecular weight is 333 g/mol. The minimum absolute atomic E-state index is 0.153. The molecule has 1 aromatic carbocycles. The number of carbonyl (C=O) groups is 2. The van der Waals surface area contributed by atoms with E-state index in [-0.39, 0.29) is 25.0 Å². The zero-order valence-corrected chi connectivity index (χ0v) is 13.1. The second-order valence-electron chi connectivity index (χ2n) is 5.76. The van der Waals surface area contributed by atoms with Crippen LogP contribution in [-0.2, 0) is 11.3 Å². The Morgan fingerprint density at radius 2 is 2.04 bits per heavy atom. The normalized spacial score (nSPS) is 24.1. The summed E-state index contributed by atoms with van der Waals surface area (Å²) < 4.78 is 6.61. The maximum absolute atomic E-state index is 12.6. The lowest BCUT2D eigenvalue weighted by molar-refractivity contribution is -0.130. The third kappa shape index (κ3) is 2.16. The van der Waals surface area contributed by atoms with Crippen LogP contribution in [0.4, 0.5) is 4.79 Å². The molecule has 3 heterocycles. The molecule has 1 aromatic heterocycles. The third-order valence-electron chi connectivity index (χ3n) is 4.39. The number of amides is 3. The highest BCUT2D eigenvalue weighted by Crippen LogP contribution is 2.33. The van der Waals surface area contributed by atoms with Gasteiger partial charge in [-0.15, -0.1) is 0 Å². The number of carbonyl (C=O) groups excluding carboxylic acids is 2. The number of aromatic nitrogens is 1. The van der Waals surface area contributed by atoms with Gasteiger partial charge in [-0.25, -0.2) is 9.59 Å². The summed E-state index contributed by atoms with van der Waals surface area (Å²) >= 11 is 1.67. The zero-order valence-electron chi connectivity index (χ0n) is 12.3. The van der Waals surface area contributed by atoms with Gasteiger partial charge in [0.15, 0.2) is 5.58 Å². The van der Waals surface area contributed by atoms with Gasteiger partial charge in [-0.2, -0.15) is 11.8 Å². The number of fused-ring (bicyclic) bond motifs is 1. The quantitative estimate of drug-likeness (QED) is 0.848. The average Bonchev–Trinajstić information content (AvgIpc) is 3.18. The summed E-state index contributed by atoms with van der Waals surface area (Å²) in [7, 11) is 0. The summed E-state index contributed by atoms with van der Waals surface area (Å²) in [6.07, 6.45) is 0.660. The molecule has 2 saturated heterocycles. The highest BCUT2D eigenvalue weighted by atomic mass is 32.2. The fraction of sp³-hybridized carbons (Fsp3) is 0.400. The number of nitrogens with zero attached hydrogens (tertiary/aromatic N) is 2. The van der Waals surface area contributed by atoms with Crippen LogP contribution in [0.25, 0.3) is 11.1 Å². The first-order valence-electron chi connectivity index (χ1n) is 7.41. The van der Waals surface area contributed by atoms with Crippen molar-refractivity contribution in [2.24, 2.45) is 0 Å². The lowest BCUT2D eigenvalue weighted by Crippen LogP contribution is -2.47. The van der Waals surface area contributed by atoms with Gasteiger partial charge in [-0.1, -0.05) is 12.1 Å². The van der Waals surface area contributed by atoms with Crippen molar-refractivity contribution in [1.82, 2.24) is 14.8 Å². The van der Waals surface area contributed by atoms with E-state index in [1.807, 2.05) is 6.07 Å². The van der Waals surface area contributed by atoms with E-state index >= 15 is 0 Å². The standard InChI is InChI=1S/C15H15N3O4S/c19-12-15(5-8-23-9-15)16-13(20)18(12)7-6-17-10-3-1-2-4-11(10)22-14(17)21/h1-4H,5-9H2,(H,16,20)/t15-/m1/s1. The van der Waals surface area contributed by atoms with E-state index in [0.29, 0.717) is 23.3 Å². The number of rotatable bonds is 3. The fourth-order valence-electron chi connectivity index (χ4n) is 3.14. The van der Waals surface area contributed by atoms with Crippen molar-refractivity contribution in [3.8, 4) is 0 Å². The van der Waals surface area contributed by atoms with Crippen LogP contribution in [0.15, 0.2) is 33.5 Å². The molecule has 120 valence electrons. The number of para-hydroxylation sites is 2. The number of nitrogens with one attached hydrogen (secondary N) is 1. The first kappa shape index (κ1) is 14.4. The third-order valence-corrected chi connectivity index (χ3v) is 5.58. The predicted molar refractivity (Wildman–Crippen MR) is 85.4 cm³/mol. The van der Waals surface area contributed by atoms with Crippen LogP contribution in [0, 0.1) is 0 Å². The molecular formula is C15H15N3O4S. The number of urea groups is 1. The Hall–Kier alpha value is -2.22. The predicted octanol–water partition coefficient (Wildman–Crippen LogP) is 1.02. The van der Waals surface area contributed by atoms with Crippen molar-refractivity contribution in [3.63, 3.8) is 0 Å². The Balaban J connectivity index is 1.57. The second kappa shape index (κ2) is 5.16. The van der Waals surface area contributed by atoms with Gasteiger partial charge in [0.1, 0.15) is 5.54 Å². The summed E-state index contributed by atoms with van der Waals surface area (Å²) in [5.41, 5.74) is 0.416. The zero-order chi connectivity index (χ0) is 16.0. The second-order valence-corrected chi connectivity index (χ2v) is 6.86. The van der Waals surface area contributed by atoms with E-state index in [1.54, 1.807) is 30.0 Å². The smallest absolute Gasteiger partial charge is 0.408 e. The molecule has 3 amide bonds. The van der Waals surface area contributed by atoms with E-state index in [0.717, 1.165) is 5.75 Å². The minimum atomic E-state index is -0.745. The first-order chi connectivity index (χ1) is 11.1. The van der Waals surface area contributed by atoms with Gasteiger partial charge in [0.25, 0.3) is 5.91 Å². The van der Waals surface area contributed by atoms with Crippen LogP contribution in [0.2, 0.25) is 0 Å². The molecular weight excluding hydrogens is 318 g/mol. The van der Waals surface area contributed by atoms with E-state index in [2.05, 4.69) is 5.32 Å². The van der Waals surface area contributed by atoms with Crippen molar-refractivity contribution in [1.29, 1.82) is 0 Å². The largest absolute Gasteiger partial charge is 0.420 e. The van der Waals surface area contributed by atoms with E-state index in [1.165, 1.54) is 9.47 Å². The van der Waals surface area contributed by atoms with Crippen molar-refractivity contribution >= 4 is 34.8 Å². The maximum atomic E-state index is 12.6. The maximum Gasteiger partial charge on any atom is 0.420 e. The minimum Gasteiger partial charge on any atom is -0.408 e.